The molecule has 3 rings (SSSR count). The summed E-state index contributed by atoms with van der Waals surface area (Å²) in [5, 5.41) is 12.2. The minimum absolute atomic E-state index is 0.121. The molecular formula is C19H17ClF3NO3. The molecule has 0 radical (unpaired) electrons. The van der Waals surface area contributed by atoms with Gasteiger partial charge in [-0.3, -0.25) is 4.79 Å². The van der Waals surface area contributed by atoms with Crippen LogP contribution in [0, 0.1) is 17.5 Å². The maximum Gasteiger partial charge on any atom is 0.255 e. The number of hydrogen-bond donors (Lipinski definition) is 2. The lowest BCUT2D eigenvalue weighted by atomic mass is 9.95. The van der Waals surface area contributed by atoms with Crippen LogP contribution in [0.2, 0.25) is 5.02 Å². The Hall–Kier alpha value is -2.25. The fourth-order valence-electron chi connectivity index (χ4n) is 2.91. The number of nitrogens with one attached hydrogen (secondary N) is 1. The second-order valence-electron chi connectivity index (χ2n) is 6.40. The maximum absolute atomic E-state index is 13.3. The van der Waals surface area contributed by atoms with Crippen LogP contribution in [0.15, 0.2) is 30.3 Å². The van der Waals surface area contributed by atoms with Crippen LogP contribution in [0.3, 0.4) is 0 Å². The summed E-state index contributed by atoms with van der Waals surface area (Å²) in [6, 6.07) is 5.73. The number of halogens is 4. The van der Waals surface area contributed by atoms with E-state index in [1.54, 1.807) is 0 Å². The summed E-state index contributed by atoms with van der Waals surface area (Å²) in [5.74, 6) is -4.74. The van der Waals surface area contributed by atoms with Crippen LogP contribution in [-0.4, -0.2) is 23.2 Å². The third kappa shape index (κ3) is 4.73. The molecule has 0 unspecified atom stereocenters. The van der Waals surface area contributed by atoms with Crippen molar-refractivity contribution in [3.63, 3.8) is 0 Å². The fourth-order valence-corrected chi connectivity index (χ4v) is 3.07. The molecule has 0 aromatic heterocycles. The molecule has 2 aromatic carbocycles. The molecule has 0 spiro atoms. The van der Waals surface area contributed by atoms with Crippen molar-refractivity contribution < 1.29 is 27.8 Å². The SMILES string of the molecule is O=C(Nc1cc(F)c(F)c(F)c1)c1ccc(Cl)c(OC2CCC(O)CC2)c1. The summed E-state index contributed by atoms with van der Waals surface area (Å²) in [6.07, 6.45) is 2.15. The van der Waals surface area contributed by atoms with E-state index in [1.807, 2.05) is 0 Å². The van der Waals surface area contributed by atoms with E-state index < -0.39 is 23.4 Å². The molecule has 2 N–H and O–H groups in total. The number of aliphatic hydroxyl groups excluding tert-OH is 1. The first kappa shape index (κ1) is 19.5. The van der Waals surface area contributed by atoms with E-state index in [0.29, 0.717) is 48.6 Å². The molecule has 2 aromatic rings. The predicted molar refractivity (Wildman–Crippen MR) is 94.6 cm³/mol. The van der Waals surface area contributed by atoms with Gasteiger partial charge in [-0.25, -0.2) is 13.2 Å². The van der Waals surface area contributed by atoms with Crippen molar-refractivity contribution in [2.45, 2.75) is 37.9 Å². The summed E-state index contributed by atoms with van der Waals surface area (Å²) in [6.45, 7) is 0. The Morgan fingerprint density at radius 1 is 1.07 bits per heavy atom. The Bertz CT molecular complexity index is 831. The summed E-state index contributed by atoms with van der Waals surface area (Å²) in [5.41, 5.74) is -0.0505. The van der Waals surface area contributed by atoms with Gasteiger partial charge in [0.2, 0.25) is 0 Å². The van der Waals surface area contributed by atoms with Crippen LogP contribution < -0.4 is 10.1 Å². The maximum atomic E-state index is 13.3. The molecule has 0 bridgehead atoms. The number of ether oxygens (including phenoxy) is 1. The zero-order chi connectivity index (χ0) is 19.6. The van der Waals surface area contributed by atoms with Gasteiger partial charge in [-0.1, -0.05) is 11.6 Å². The highest BCUT2D eigenvalue weighted by Gasteiger charge is 2.22. The van der Waals surface area contributed by atoms with Crippen molar-refractivity contribution in [3.05, 3.63) is 58.4 Å². The van der Waals surface area contributed by atoms with Crippen molar-refractivity contribution in [1.29, 1.82) is 0 Å². The minimum atomic E-state index is -1.60. The lowest BCUT2D eigenvalue weighted by Crippen LogP contribution is -2.26. The molecule has 1 aliphatic rings. The molecule has 1 aliphatic carbocycles. The Balaban J connectivity index is 1.74. The first-order valence-corrected chi connectivity index (χ1v) is 8.81. The largest absolute Gasteiger partial charge is 0.489 e. The van der Waals surface area contributed by atoms with Gasteiger partial charge in [-0.05, 0) is 43.9 Å². The second kappa shape index (κ2) is 8.19. The number of amides is 1. The number of carbonyl (C=O) groups is 1. The van der Waals surface area contributed by atoms with E-state index in [4.69, 9.17) is 16.3 Å². The molecular weight excluding hydrogens is 383 g/mol. The topological polar surface area (TPSA) is 58.6 Å². The smallest absolute Gasteiger partial charge is 0.255 e. The third-order valence-electron chi connectivity index (χ3n) is 4.37. The molecule has 0 saturated heterocycles. The van der Waals surface area contributed by atoms with Gasteiger partial charge in [0.05, 0.1) is 17.2 Å². The van der Waals surface area contributed by atoms with Gasteiger partial charge in [-0.2, -0.15) is 0 Å². The van der Waals surface area contributed by atoms with Crippen molar-refractivity contribution >= 4 is 23.2 Å². The van der Waals surface area contributed by atoms with Crippen LogP contribution in [-0.2, 0) is 0 Å². The number of benzene rings is 2. The summed E-state index contributed by atoms with van der Waals surface area (Å²) in [4.78, 5) is 12.3. The lowest BCUT2D eigenvalue weighted by Gasteiger charge is -2.26. The highest BCUT2D eigenvalue weighted by molar-refractivity contribution is 6.32. The molecule has 8 heteroatoms. The number of aliphatic hydroxyl groups is 1. The highest BCUT2D eigenvalue weighted by atomic mass is 35.5. The molecule has 1 saturated carbocycles. The van der Waals surface area contributed by atoms with Crippen molar-refractivity contribution in [3.8, 4) is 5.75 Å². The van der Waals surface area contributed by atoms with E-state index in [0.717, 1.165) is 0 Å². The standard InChI is InChI=1S/C19H17ClF3NO3/c20-14-6-1-10(7-17(14)27-13-4-2-12(25)3-5-13)19(26)24-11-8-15(21)18(23)16(22)9-11/h1,6-9,12-13,25H,2-5H2,(H,24,26). The van der Waals surface area contributed by atoms with E-state index in [9.17, 15) is 23.1 Å². The van der Waals surface area contributed by atoms with Gasteiger partial charge in [0.15, 0.2) is 17.5 Å². The number of hydrogen-bond acceptors (Lipinski definition) is 3. The Labute approximate surface area is 158 Å². The van der Waals surface area contributed by atoms with Crippen LogP contribution in [0.4, 0.5) is 18.9 Å². The zero-order valence-corrected chi connectivity index (χ0v) is 14.9. The summed E-state index contributed by atoms with van der Waals surface area (Å²) in [7, 11) is 0. The number of rotatable bonds is 4. The van der Waals surface area contributed by atoms with Gasteiger partial charge in [0.25, 0.3) is 5.91 Å². The molecule has 1 amide bonds. The minimum Gasteiger partial charge on any atom is -0.489 e. The molecule has 0 heterocycles. The summed E-state index contributed by atoms with van der Waals surface area (Å²) < 4.78 is 45.4. The van der Waals surface area contributed by atoms with Crippen molar-refractivity contribution in [2.24, 2.45) is 0 Å². The van der Waals surface area contributed by atoms with E-state index in [1.165, 1.54) is 18.2 Å². The van der Waals surface area contributed by atoms with Crippen LogP contribution in [0.25, 0.3) is 0 Å². The van der Waals surface area contributed by atoms with Crippen LogP contribution >= 0.6 is 11.6 Å². The van der Waals surface area contributed by atoms with Crippen molar-refractivity contribution in [2.75, 3.05) is 5.32 Å². The lowest BCUT2D eigenvalue weighted by molar-refractivity contribution is 0.0666. The van der Waals surface area contributed by atoms with E-state index in [2.05, 4.69) is 5.32 Å². The first-order chi connectivity index (χ1) is 12.8. The van der Waals surface area contributed by atoms with E-state index in [-0.39, 0.29) is 23.5 Å². The van der Waals surface area contributed by atoms with Gasteiger partial charge in [0, 0.05) is 23.4 Å². The Kier molecular flexibility index (Phi) is 5.92. The van der Waals surface area contributed by atoms with Crippen LogP contribution in [0.1, 0.15) is 36.0 Å². The average Bonchev–Trinajstić information content (AvgIpc) is 2.63. The molecule has 1 fully saturated rings. The molecule has 0 atom stereocenters. The van der Waals surface area contributed by atoms with Crippen molar-refractivity contribution in [1.82, 2.24) is 0 Å². The van der Waals surface area contributed by atoms with Crippen LogP contribution in [0.5, 0.6) is 5.75 Å². The second-order valence-corrected chi connectivity index (χ2v) is 6.81. The average molecular weight is 400 g/mol. The Morgan fingerprint density at radius 3 is 2.33 bits per heavy atom. The van der Waals surface area contributed by atoms with Gasteiger partial charge in [-0.15, -0.1) is 0 Å². The highest BCUT2D eigenvalue weighted by Crippen LogP contribution is 2.30. The molecule has 0 aliphatic heterocycles. The quantitative estimate of drug-likeness (QED) is 0.733. The summed E-state index contributed by atoms with van der Waals surface area (Å²) >= 11 is 6.12. The molecule has 144 valence electrons. The monoisotopic (exact) mass is 399 g/mol. The Morgan fingerprint density at radius 2 is 1.70 bits per heavy atom. The number of anilines is 1. The van der Waals surface area contributed by atoms with Gasteiger partial charge in [0.1, 0.15) is 5.75 Å². The third-order valence-corrected chi connectivity index (χ3v) is 4.68. The number of carbonyl (C=O) groups excluding carboxylic acids is 1. The molecule has 27 heavy (non-hydrogen) atoms. The normalized spacial score (nSPS) is 19.6. The molecule has 4 nitrogen and oxygen atoms in total. The predicted octanol–water partition coefficient (Wildman–Crippen LogP) is 4.69. The van der Waals surface area contributed by atoms with Gasteiger partial charge < -0.3 is 15.2 Å². The first-order valence-electron chi connectivity index (χ1n) is 8.43. The zero-order valence-electron chi connectivity index (χ0n) is 14.1. The van der Waals surface area contributed by atoms with E-state index >= 15 is 0 Å². The van der Waals surface area contributed by atoms with Gasteiger partial charge >= 0.3 is 0 Å². The fraction of sp³-hybridized carbons (Fsp3) is 0.316.